The van der Waals surface area contributed by atoms with E-state index in [1.807, 2.05) is 60.7 Å². The number of hydrogen-bond donors (Lipinski definition) is 1. The number of nitrogens with zero attached hydrogens (tertiary/aromatic N) is 2. The number of hydrogen-bond acceptors (Lipinski definition) is 5. The van der Waals surface area contributed by atoms with Gasteiger partial charge in [-0.05, 0) is 49.4 Å². The molecule has 0 fully saturated rings. The maximum Gasteiger partial charge on any atom is 0.338 e. The fourth-order valence-electron chi connectivity index (χ4n) is 3.84. The molecule has 7 heteroatoms. The van der Waals surface area contributed by atoms with Crippen molar-refractivity contribution in [2.24, 2.45) is 0 Å². The van der Waals surface area contributed by atoms with Crippen molar-refractivity contribution in [2.75, 3.05) is 5.32 Å². The third kappa shape index (κ3) is 5.50. The molecular formula is C30H22ClN3O3. The van der Waals surface area contributed by atoms with Crippen LogP contribution in [0.5, 0.6) is 0 Å². The average Bonchev–Trinajstić information content (AvgIpc) is 2.94. The zero-order chi connectivity index (χ0) is 25.8. The second kappa shape index (κ2) is 10.6. The Balaban J connectivity index is 1.42. The average molecular weight is 508 g/mol. The van der Waals surface area contributed by atoms with Crippen molar-refractivity contribution in [1.82, 2.24) is 9.97 Å². The Labute approximate surface area is 218 Å². The first-order valence-corrected chi connectivity index (χ1v) is 12.1. The molecule has 37 heavy (non-hydrogen) atoms. The number of benzene rings is 4. The van der Waals surface area contributed by atoms with Crippen LogP contribution < -0.4 is 5.32 Å². The van der Waals surface area contributed by atoms with Gasteiger partial charge in [0, 0.05) is 21.8 Å². The largest absolute Gasteiger partial charge is 0.449 e. The van der Waals surface area contributed by atoms with Crippen LogP contribution in [0.15, 0.2) is 103 Å². The van der Waals surface area contributed by atoms with Crippen LogP contribution >= 0.6 is 11.6 Å². The van der Waals surface area contributed by atoms with E-state index in [-0.39, 0.29) is 5.56 Å². The van der Waals surface area contributed by atoms with E-state index in [9.17, 15) is 9.59 Å². The minimum atomic E-state index is -1.01. The number of nitrogens with one attached hydrogen (secondary N) is 1. The normalized spacial score (nSPS) is 11.6. The van der Waals surface area contributed by atoms with Crippen molar-refractivity contribution in [3.63, 3.8) is 0 Å². The molecule has 0 saturated carbocycles. The van der Waals surface area contributed by atoms with Gasteiger partial charge in [-0.15, -0.1) is 0 Å². The first-order chi connectivity index (χ1) is 18.0. The van der Waals surface area contributed by atoms with Gasteiger partial charge in [0.05, 0.1) is 28.0 Å². The quantitative estimate of drug-likeness (QED) is 0.255. The lowest BCUT2D eigenvalue weighted by molar-refractivity contribution is -0.123. The van der Waals surface area contributed by atoms with Gasteiger partial charge in [0.15, 0.2) is 6.10 Å². The molecule has 6 nitrogen and oxygen atoms in total. The molecule has 1 N–H and O–H groups in total. The second-order valence-corrected chi connectivity index (χ2v) is 8.84. The highest BCUT2D eigenvalue weighted by Gasteiger charge is 2.20. The van der Waals surface area contributed by atoms with Gasteiger partial charge in [-0.25, -0.2) is 14.8 Å². The SMILES string of the molecule is CC(OC(=O)c1ccc2nc(-c3ccccc3)c(-c3ccccc3)nc2c1)C(=O)Nc1ccc(Cl)cc1. The number of esters is 1. The summed E-state index contributed by atoms with van der Waals surface area (Å²) in [6.07, 6.45) is -1.01. The number of carbonyl (C=O) groups is 2. The van der Waals surface area contributed by atoms with Crippen molar-refractivity contribution in [1.29, 1.82) is 0 Å². The number of amides is 1. The molecule has 1 unspecified atom stereocenters. The van der Waals surface area contributed by atoms with Crippen LogP contribution in [0.1, 0.15) is 17.3 Å². The van der Waals surface area contributed by atoms with Crippen LogP contribution in [0.2, 0.25) is 5.02 Å². The lowest BCUT2D eigenvalue weighted by Crippen LogP contribution is -2.30. The molecule has 1 amide bonds. The maximum absolute atomic E-state index is 12.9. The monoisotopic (exact) mass is 507 g/mol. The van der Waals surface area contributed by atoms with Crippen molar-refractivity contribution in [3.05, 3.63) is 114 Å². The Morgan fingerprint density at radius 3 is 1.92 bits per heavy atom. The second-order valence-electron chi connectivity index (χ2n) is 8.40. The fraction of sp³-hybridized carbons (Fsp3) is 0.0667. The summed E-state index contributed by atoms with van der Waals surface area (Å²) in [5.74, 6) is -1.08. The van der Waals surface area contributed by atoms with E-state index >= 15 is 0 Å². The van der Waals surface area contributed by atoms with Crippen molar-refractivity contribution < 1.29 is 14.3 Å². The molecule has 1 atom stereocenters. The minimum Gasteiger partial charge on any atom is -0.449 e. The lowest BCUT2D eigenvalue weighted by Gasteiger charge is -2.14. The first-order valence-electron chi connectivity index (χ1n) is 11.7. The van der Waals surface area contributed by atoms with Crippen LogP contribution in [0.3, 0.4) is 0 Å². The molecule has 1 heterocycles. The molecule has 0 aliphatic carbocycles. The van der Waals surface area contributed by atoms with Crippen LogP contribution in [-0.2, 0) is 9.53 Å². The number of anilines is 1. The van der Waals surface area contributed by atoms with Gasteiger partial charge in [-0.1, -0.05) is 72.3 Å². The van der Waals surface area contributed by atoms with E-state index in [4.69, 9.17) is 26.3 Å². The molecular weight excluding hydrogens is 486 g/mol. The summed E-state index contributed by atoms with van der Waals surface area (Å²) in [6, 6.07) is 31.3. The molecule has 0 spiro atoms. The summed E-state index contributed by atoms with van der Waals surface area (Å²) in [4.78, 5) is 35.1. The van der Waals surface area contributed by atoms with Gasteiger partial charge < -0.3 is 10.1 Å². The van der Waals surface area contributed by atoms with Gasteiger partial charge in [0.2, 0.25) is 0 Å². The topological polar surface area (TPSA) is 81.2 Å². The third-order valence-electron chi connectivity index (χ3n) is 5.76. The van der Waals surface area contributed by atoms with Crippen LogP contribution in [0, 0.1) is 0 Å². The molecule has 4 aromatic carbocycles. The van der Waals surface area contributed by atoms with Crippen molar-refractivity contribution in [3.8, 4) is 22.5 Å². The van der Waals surface area contributed by atoms with E-state index in [0.29, 0.717) is 27.4 Å². The Morgan fingerprint density at radius 2 is 1.32 bits per heavy atom. The van der Waals surface area contributed by atoms with Gasteiger partial charge in [-0.2, -0.15) is 0 Å². The molecule has 182 valence electrons. The third-order valence-corrected chi connectivity index (χ3v) is 6.01. The first kappa shape index (κ1) is 24.2. The standard InChI is InChI=1S/C30H22ClN3O3/c1-19(29(35)32-24-15-13-23(31)14-16-24)37-30(36)22-12-17-25-26(18-22)34-28(21-10-6-3-7-11-21)27(33-25)20-8-4-2-5-9-20/h2-19H,1H3,(H,32,35). The van der Waals surface area contributed by atoms with Crippen LogP contribution in [0.25, 0.3) is 33.5 Å². The highest BCUT2D eigenvalue weighted by Crippen LogP contribution is 2.31. The minimum absolute atomic E-state index is 0.277. The van der Waals surface area contributed by atoms with E-state index in [1.165, 1.54) is 6.92 Å². The maximum atomic E-state index is 12.9. The highest BCUT2D eigenvalue weighted by molar-refractivity contribution is 6.30. The smallest absolute Gasteiger partial charge is 0.338 e. The zero-order valence-corrected chi connectivity index (χ0v) is 20.6. The number of aromatic nitrogens is 2. The van der Waals surface area contributed by atoms with Crippen LogP contribution in [0.4, 0.5) is 5.69 Å². The van der Waals surface area contributed by atoms with Crippen molar-refractivity contribution in [2.45, 2.75) is 13.0 Å². The summed E-state index contributed by atoms with van der Waals surface area (Å²) in [5, 5.41) is 3.26. The summed E-state index contributed by atoms with van der Waals surface area (Å²) in [5.41, 5.74) is 5.34. The summed E-state index contributed by atoms with van der Waals surface area (Å²) in [7, 11) is 0. The molecule has 0 aliphatic rings. The Kier molecular flexibility index (Phi) is 6.92. The van der Waals surface area contributed by atoms with E-state index < -0.39 is 18.0 Å². The lowest BCUT2D eigenvalue weighted by atomic mass is 10.0. The number of halogens is 1. The molecule has 5 aromatic rings. The van der Waals surface area contributed by atoms with Gasteiger partial charge >= 0.3 is 5.97 Å². The molecule has 1 aromatic heterocycles. The van der Waals surface area contributed by atoms with Gasteiger partial charge in [0.1, 0.15) is 0 Å². The number of fused-ring (bicyclic) bond motifs is 1. The summed E-state index contributed by atoms with van der Waals surface area (Å²) in [6.45, 7) is 1.52. The van der Waals surface area contributed by atoms with Gasteiger partial charge in [0.25, 0.3) is 5.91 Å². The Morgan fingerprint density at radius 1 is 0.757 bits per heavy atom. The molecule has 5 rings (SSSR count). The predicted molar refractivity (Wildman–Crippen MR) is 145 cm³/mol. The number of ether oxygens (including phenoxy) is 1. The predicted octanol–water partition coefficient (Wildman–Crippen LogP) is 6.80. The van der Waals surface area contributed by atoms with E-state index in [0.717, 1.165) is 16.8 Å². The van der Waals surface area contributed by atoms with Crippen LogP contribution in [-0.4, -0.2) is 27.9 Å². The van der Waals surface area contributed by atoms with E-state index in [1.54, 1.807) is 42.5 Å². The number of rotatable bonds is 6. The molecule has 0 radical (unpaired) electrons. The summed E-state index contributed by atoms with van der Waals surface area (Å²) < 4.78 is 5.43. The van der Waals surface area contributed by atoms with Crippen molar-refractivity contribution >= 4 is 40.2 Å². The Hall–Kier alpha value is -4.55. The zero-order valence-electron chi connectivity index (χ0n) is 19.9. The summed E-state index contributed by atoms with van der Waals surface area (Å²) >= 11 is 5.88. The molecule has 0 aliphatic heterocycles. The molecule has 0 saturated heterocycles. The Bertz CT molecular complexity index is 1570. The van der Waals surface area contributed by atoms with E-state index in [2.05, 4.69) is 5.32 Å². The number of carbonyl (C=O) groups excluding carboxylic acids is 2. The highest BCUT2D eigenvalue weighted by atomic mass is 35.5. The fourth-order valence-corrected chi connectivity index (χ4v) is 3.96. The van der Waals surface area contributed by atoms with Gasteiger partial charge in [-0.3, -0.25) is 4.79 Å². The molecule has 0 bridgehead atoms.